The summed E-state index contributed by atoms with van der Waals surface area (Å²) in [6.45, 7) is 2.50. The summed E-state index contributed by atoms with van der Waals surface area (Å²) in [6.07, 6.45) is 1.63. The third kappa shape index (κ3) is 6.26. The SMILES string of the molecule is CCOc1cc(/C=C(/C#N)c2cccc([N+](=O)[O-])c2)c(Br)cc1OCc1ccc(Cl)c(Cl)c1. The van der Waals surface area contributed by atoms with Crippen LogP contribution in [0.3, 0.4) is 0 Å². The van der Waals surface area contributed by atoms with E-state index in [9.17, 15) is 15.4 Å². The normalized spacial score (nSPS) is 11.1. The van der Waals surface area contributed by atoms with E-state index < -0.39 is 4.92 Å². The van der Waals surface area contributed by atoms with Crippen LogP contribution in [0.5, 0.6) is 11.5 Å². The van der Waals surface area contributed by atoms with E-state index in [1.165, 1.54) is 12.1 Å². The first-order chi connectivity index (χ1) is 15.8. The first kappa shape index (κ1) is 24.6. The zero-order valence-corrected chi connectivity index (χ0v) is 20.4. The highest BCUT2D eigenvalue weighted by Gasteiger charge is 2.14. The van der Waals surface area contributed by atoms with Crippen molar-refractivity contribution < 1.29 is 14.4 Å². The predicted octanol–water partition coefficient (Wildman–Crippen LogP) is 7.71. The lowest BCUT2D eigenvalue weighted by Gasteiger charge is -2.14. The van der Waals surface area contributed by atoms with Gasteiger partial charge in [0.1, 0.15) is 6.61 Å². The average Bonchev–Trinajstić information content (AvgIpc) is 2.80. The van der Waals surface area contributed by atoms with Gasteiger partial charge in [0.2, 0.25) is 0 Å². The van der Waals surface area contributed by atoms with Crippen molar-refractivity contribution in [3.63, 3.8) is 0 Å². The maximum atomic E-state index is 11.1. The highest BCUT2D eigenvalue weighted by atomic mass is 79.9. The monoisotopic (exact) mass is 546 g/mol. The van der Waals surface area contributed by atoms with Crippen molar-refractivity contribution in [2.45, 2.75) is 13.5 Å². The lowest BCUT2D eigenvalue weighted by Crippen LogP contribution is -2.00. The third-order valence-corrected chi connectivity index (χ3v) is 5.96. The number of nitro groups is 1. The lowest BCUT2D eigenvalue weighted by atomic mass is 10.0. The van der Waals surface area contributed by atoms with E-state index in [4.69, 9.17) is 32.7 Å². The van der Waals surface area contributed by atoms with Crippen molar-refractivity contribution in [1.82, 2.24) is 0 Å². The predicted molar refractivity (Wildman–Crippen MR) is 133 cm³/mol. The summed E-state index contributed by atoms with van der Waals surface area (Å²) in [6, 6.07) is 16.8. The molecular weight excluding hydrogens is 531 g/mol. The molecule has 0 N–H and O–H groups in total. The van der Waals surface area contributed by atoms with Gasteiger partial charge in [0.25, 0.3) is 5.69 Å². The Labute approximate surface area is 209 Å². The van der Waals surface area contributed by atoms with Crippen LogP contribution in [0, 0.1) is 21.4 Å². The number of ether oxygens (including phenoxy) is 2. The Bertz CT molecular complexity index is 1270. The van der Waals surface area contributed by atoms with E-state index in [-0.39, 0.29) is 17.9 Å². The molecule has 0 aliphatic heterocycles. The smallest absolute Gasteiger partial charge is 0.270 e. The van der Waals surface area contributed by atoms with Gasteiger partial charge in [0.15, 0.2) is 11.5 Å². The van der Waals surface area contributed by atoms with Crippen LogP contribution in [-0.4, -0.2) is 11.5 Å². The fourth-order valence-electron chi connectivity index (χ4n) is 2.96. The molecule has 3 rings (SSSR count). The van der Waals surface area contributed by atoms with E-state index in [2.05, 4.69) is 22.0 Å². The van der Waals surface area contributed by atoms with Gasteiger partial charge in [0, 0.05) is 16.6 Å². The molecule has 0 unspecified atom stereocenters. The largest absolute Gasteiger partial charge is 0.490 e. The molecule has 3 aromatic rings. The van der Waals surface area contributed by atoms with Crippen molar-refractivity contribution in [2.75, 3.05) is 6.61 Å². The molecule has 0 heterocycles. The van der Waals surface area contributed by atoms with Gasteiger partial charge in [0.05, 0.1) is 33.2 Å². The summed E-state index contributed by atoms with van der Waals surface area (Å²) in [5, 5.41) is 21.6. The van der Waals surface area contributed by atoms with Gasteiger partial charge in [-0.3, -0.25) is 10.1 Å². The van der Waals surface area contributed by atoms with Crippen molar-refractivity contribution >= 4 is 56.5 Å². The maximum Gasteiger partial charge on any atom is 0.270 e. The Hall–Kier alpha value is -3.05. The number of benzene rings is 3. The first-order valence-electron chi connectivity index (χ1n) is 9.72. The number of non-ortho nitro benzene ring substituents is 1. The molecule has 0 fully saturated rings. The van der Waals surface area contributed by atoms with E-state index >= 15 is 0 Å². The van der Waals surface area contributed by atoms with Crippen LogP contribution in [0.1, 0.15) is 23.6 Å². The number of nitro benzene ring substituents is 1. The van der Waals surface area contributed by atoms with Crippen LogP contribution in [0.2, 0.25) is 10.0 Å². The molecule has 3 aromatic carbocycles. The maximum absolute atomic E-state index is 11.1. The summed E-state index contributed by atoms with van der Waals surface area (Å²) in [4.78, 5) is 10.6. The zero-order chi connectivity index (χ0) is 24.0. The average molecular weight is 548 g/mol. The summed E-state index contributed by atoms with van der Waals surface area (Å²) in [5.41, 5.74) is 2.12. The van der Waals surface area contributed by atoms with Gasteiger partial charge >= 0.3 is 0 Å². The minimum atomic E-state index is -0.498. The number of nitriles is 1. The minimum absolute atomic E-state index is 0.0891. The van der Waals surface area contributed by atoms with Gasteiger partial charge in [-0.2, -0.15) is 5.26 Å². The summed E-state index contributed by atoms with van der Waals surface area (Å²) in [5.74, 6) is 0.990. The summed E-state index contributed by atoms with van der Waals surface area (Å²) >= 11 is 15.5. The highest BCUT2D eigenvalue weighted by Crippen LogP contribution is 2.36. The number of nitrogens with zero attached hydrogens (tertiary/aromatic N) is 2. The molecule has 33 heavy (non-hydrogen) atoms. The first-order valence-corrected chi connectivity index (χ1v) is 11.3. The number of allylic oxidation sites excluding steroid dienone is 1. The van der Waals surface area contributed by atoms with Crippen LogP contribution in [0.25, 0.3) is 11.6 Å². The Balaban J connectivity index is 1.93. The minimum Gasteiger partial charge on any atom is -0.490 e. The Morgan fingerprint density at radius 3 is 2.55 bits per heavy atom. The van der Waals surface area contributed by atoms with Gasteiger partial charge in [-0.1, -0.05) is 57.3 Å². The number of hydrogen-bond acceptors (Lipinski definition) is 5. The number of rotatable bonds is 8. The second kappa shape index (κ2) is 11.2. The second-order valence-electron chi connectivity index (χ2n) is 6.77. The fourth-order valence-corrected chi connectivity index (χ4v) is 3.71. The molecule has 0 saturated heterocycles. The van der Waals surface area contributed by atoms with Crippen molar-refractivity contribution in [3.8, 4) is 17.6 Å². The third-order valence-electron chi connectivity index (χ3n) is 4.53. The molecule has 0 bridgehead atoms. The van der Waals surface area contributed by atoms with Gasteiger partial charge in [-0.25, -0.2) is 0 Å². The zero-order valence-electron chi connectivity index (χ0n) is 17.3. The molecular formula is C24H17BrCl2N2O4. The molecule has 0 aliphatic carbocycles. The van der Waals surface area contributed by atoms with Crippen molar-refractivity contribution in [1.29, 1.82) is 5.26 Å². The van der Waals surface area contributed by atoms with Crippen molar-refractivity contribution in [2.24, 2.45) is 0 Å². The molecule has 0 spiro atoms. The van der Waals surface area contributed by atoms with E-state index in [0.717, 1.165) is 5.56 Å². The van der Waals surface area contributed by atoms with Crippen LogP contribution in [-0.2, 0) is 6.61 Å². The Morgan fingerprint density at radius 2 is 1.88 bits per heavy atom. The number of hydrogen-bond donors (Lipinski definition) is 0. The second-order valence-corrected chi connectivity index (χ2v) is 8.44. The molecule has 0 radical (unpaired) electrons. The summed E-state index contributed by atoms with van der Waals surface area (Å²) < 4.78 is 12.3. The quantitative estimate of drug-likeness (QED) is 0.125. The Kier molecular flexibility index (Phi) is 8.34. The fraction of sp³-hybridized carbons (Fsp3) is 0.125. The van der Waals surface area contributed by atoms with Crippen LogP contribution in [0.15, 0.2) is 59.1 Å². The molecule has 0 amide bonds. The molecule has 0 saturated carbocycles. The van der Waals surface area contributed by atoms with Gasteiger partial charge in [-0.05, 0) is 54.0 Å². The molecule has 0 atom stereocenters. The highest BCUT2D eigenvalue weighted by molar-refractivity contribution is 9.10. The Morgan fingerprint density at radius 1 is 1.12 bits per heavy atom. The molecule has 0 aromatic heterocycles. The molecule has 9 heteroatoms. The van der Waals surface area contributed by atoms with E-state index in [1.807, 2.05) is 13.0 Å². The lowest BCUT2D eigenvalue weighted by molar-refractivity contribution is -0.384. The summed E-state index contributed by atoms with van der Waals surface area (Å²) in [7, 11) is 0. The van der Waals surface area contributed by atoms with E-state index in [1.54, 1.807) is 42.5 Å². The molecule has 0 aliphatic rings. The van der Waals surface area contributed by atoms with Gasteiger partial charge in [-0.15, -0.1) is 0 Å². The van der Waals surface area contributed by atoms with Gasteiger partial charge < -0.3 is 9.47 Å². The van der Waals surface area contributed by atoms with Crippen LogP contribution < -0.4 is 9.47 Å². The molecule has 168 valence electrons. The van der Waals surface area contributed by atoms with Crippen LogP contribution >= 0.6 is 39.1 Å². The standard InChI is InChI=1S/C24H17BrCl2N2O4/c1-2-32-23-11-17(9-18(13-28)16-4-3-5-19(10-16)29(30)31)20(25)12-24(23)33-14-15-6-7-21(26)22(27)8-15/h3-12H,2,14H2,1H3/b18-9-. The van der Waals surface area contributed by atoms with Crippen molar-refractivity contribution in [3.05, 3.63) is 95.9 Å². The number of halogens is 3. The van der Waals surface area contributed by atoms with Crippen LogP contribution in [0.4, 0.5) is 5.69 Å². The molecule has 6 nitrogen and oxygen atoms in total. The topological polar surface area (TPSA) is 85.4 Å². The van der Waals surface area contributed by atoms with E-state index in [0.29, 0.717) is 43.8 Å².